The van der Waals surface area contributed by atoms with Crippen LogP contribution in [0.2, 0.25) is 0 Å². The van der Waals surface area contributed by atoms with E-state index in [1.54, 1.807) is 6.92 Å². The Morgan fingerprint density at radius 3 is 2.26 bits per heavy atom. The molecule has 3 aromatic rings. The maximum Gasteiger partial charge on any atom is 0.333 e. The first-order chi connectivity index (χ1) is 16.6. The number of carboxylic acid groups (broad SMARTS) is 1. The predicted octanol–water partition coefficient (Wildman–Crippen LogP) is 5.33. The zero-order valence-electron chi connectivity index (χ0n) is 19.3. The van der Waals surface area contributed by atoms with Crippen LogP contribution in [0.1, 0.15) is 25.0 Å². The van der Waals surface area contributed by atoms with Gasteiger partial charge in [-0.3, -0.25) is 0 Å². The molecule has 1 atom stereocenters. The zero-order chi connectivity index (χ0) is 24.2. The summed E-state index contributed by atoms with van der Waals surface area (Å²) in [4.78, 5) is 16.7. The minimum absolute atomic E-state index is 0.177. The summed E-state index contributed by atoms with van der Waals surface area (Å²) in [6.07, 6.45) is -0.643. The number of aliphatic carboxylic acids is 1. The molecule has 0 bridgehead atoms. The Balaban J connectivity index is 1.67. The summed E-state index contributed by atoms with van der Waals surface area (Å²) in [7, 11) is 0. The zero-order valence-corrected chi connectivity index (χ0v) is 19.3. The highest BCUT2D eigenvalue weighted by Gasteiger charge is 2.18. The van der Waals surface area contributed by atoms with Crippen molar-refractivity contribution in [3.8, 4) is 17.2 Å². The van der Waals surface area contributed by atoms with Crippen LogP contribution in [-0.2, 0) is 20.8 Å². The van der Waals surface area contributed by atoms with Crippen molar-refractivity contribution in [3.63, 3.8) is 0 Å². The van der Waals surface area contributed by atoms with Gasteiger partial charge in [0.2, 0.25) is 0 Å². The smallest absolute Gasteiger partial charge is 0.333 e. The maximum absolute atomic E-state index is 11.4. The summed E-state index contributed by atoms with van der Waals surface area (Å²) in [5, 5.41) is 13.5. The summed E-state index contributed by atoms with van der Waals surface area (Å²) in [5.41, 5.74) is 2.27. The van der Waals surface area contributed by atoms with Crippen LogP contribution in [0.5, 0.6) is 17.2 Å². The number of ether oxygens (including phenoxy) is 3. The fraction of sp³-hybridized carbons (Fsp3) is 0.259. The summed E-state index contributed by atoms with van der Waals surface area (Å²) in [5.74, 6) is 1.09. The molecule has 7 nitrogen and oxygen atoms in total. The van der Waals surface area contributed by atoms with Gasteiger partial charge in [0.15, 0.2) is 6.10 Å². The summed E-state index contributed by atoms with van der Waals surface area (Å²) in [6.45, 7) is 4.58. The van der Waals surface area contributed by atoms with Crippen molar-refractivity contribution in [2.24, 2.45) is 5.16 Å². The van der Waals surface area contributed by atoms with E-state index in [-0.39, 0.29) is 13.0 Å². The highest BCUT2D eigenvalue weighted by molar-refractivity contribution is 6.01. The van der Waals surface area contributed by atoms with Gasteiger partial charge in [0, 0.05) is 18.6 Å². The molecule has 1 unspecified atom stereocenters. The van der Waals surface area contributed by atoms with Crippen molar-refractivity contribution in [2.75, 3.05) is 19.8 Å². The Labute approximate surface area is 199 Å². The van der Waals surface area contributed by atoms with Gasteiger partial charge in [-0.25, -0.2) is 4.79 Å². The lowest BCUT2D eigenvalue weighted by molar-refractivity contribution is -0.149. The lowest BCUT2D eigenvalue weighted by atomic mass is 10.1. The van der Waals surface area contributed by atoms with E-state index in [1.807, 2.05) is 85.8 Å². The first-order valence-electron chi connectivity index (χ1n) is 11.2. The van der Waals surface area contributed by atoms with Crippen molar-refractivity contribution in [2.45, 2.75) is 26.4 Å². The van der Waals surface area contributed by atoms with Crippen LogP contribution in [0, 0.1) is 0 Å². The van der Waals surface area contributed by atoms with E-state index in [9.17, 15) is 9.90 Å². The third-order valence-corrected chi connectivity index (χ3v) is 4.81. The molecule has 178 valence electrons. The quantitative estimate of drug-likeness (QED) is 0.272. The number of rotatable bonds is 13. The first-order valence-corrected chi connectivity index (χ1v) is 11.2. The second kappa shape index (κ2) is 13.0. The molecule has 34 heavy (non-hydrogen) atoms. The molecule has 1 N–H and O–H groups in total. The fourth-order valence-electron chi connectivity index (χ4n) is 3.19. The van der Waals surface area contributed by atoms with Gasteiger partial charge >= 0.3 is 5.97 Å². The monoisotopic (exact) mass is 463 g/mol. The first kappa shape index (κ1) is 24.8. The molecule has 0 amide bonds. The van der Waals surface area contributed by atoms with Gasteiger partial charge in [-0.2, -0.15) is 0 Å². The van der Waals surface area contributed by atoms with E-state index in [0.29, 0.717) is 30.4 Å². The Morgan fingerprint density at radius 2 is 1.59 bits per heavy atom. The van der Waals surface area contributed by atoms with Gasteiger partial charge < -0.3 is 24.2 Å². The molecule has 0 aliphatic heterocycles. The van der Waals surface area contributed by atoms with Crippen molar-refractivity contribution in [3.05, 3.63) is 90.0 Å². The van der Waals surface area contributed by atoms with Crippen LogP contribution in [-0.4, -0.2) is 42.7 Å². The lowest BCUT2D eigenvalue weighted by Crippen LogP contribution is -2.26. The van der Waals surface area contributed by atoms with Crippen LogP contribution in [0.25, 0.3) is 0 Å². The standard InChI is InChI=1S/C27H29NO6/c1-3-31-26(27(29)30)18-20-9-8-12-24(17-20)32-19-25(28-33-4-2)21-13-15-23(16-14-21)34-22-10-6-5-7-11-22/h5-17,26H,3-4,18-19H2,1-2H3,(H,29,30). The number of nitrogens with zero attached hydrogens (tertiary/aromatic N) is 1. The molecule has 0 radical (unpaired) electrons. The predicted molar refractivity (Wildman–Crippen MR) is 130 cm³/mol. The second-order valence-corrected chi connectivity index (χ2v) is 7.32. The molecule has 0 aliphatic carbocycles. The van der Waals surface area contributed by atoms with Gasteiger partial charge in [0.25, 0.3) is 0 Å². The third kappa shape index (κ3) is 7.64. The Morgan fingerprint density at radius 1 is 0.882 bits per heavy atom. The number of hydrogen-bond acceptors (Lipinski definition) is 6. The van der Waals surface area contributed by atoms with E-state index >= 15 is 0 Å². The molecule has 3 aromatic carbocycles. The largest absolute Gasteiger partial charge is 0.487 e. The Bertz CT molecular complexity index is 1070. The van der Waals surface area contributed by atoms with Gasteiger partial charge in [0.1, 0.15) is 36.2 Å². The molecular formula is C27H29NO6. The van der Waals surface area contributed by atoms with Crippen LogP contribution < -0.4 is 9.47 Å². The van der Waals surface area contributed by atoms with Crippen molar-refractivity contribution < 1.29 is 28.9 Å². The molecule has 7 heteroatoms. The van der Waals surface area contributed by atoms with Crippen molar-refractivity contribution in [1.29, 1.82) is 0 Å². The molecule has 0 aromatic heterocycles. The van der Waals surface area contributed by atoms with Gasteiger partial charge in [-0.1, -0.05) is 35.5 Å². The van der Waals surface area contributed by atoms with E-state index in [1.165, 1.54) is 0 Å². The molecule has 0 aliphatic rings. The van der Waals surface area contributed by atoms with Gasteiger partial charge in [0.05, 0.1) is 0 Å². The molecule has 0 saturated carbocycles. The minimum Gasteiger partial charge on any atom is -0.487 e. The van der Waals surface area contributed by atoms with Crippen molar-refractivity contribution >= 4 is 11.7 Å². The van der Waals surface area contributed by atoms with Crippen LogP contribution in [0.15, 0.2) is 84.0 Å². The molecule has 0 saturated heterocycles. The van der Waals surface area contributed by atoms with Crippen LogP contribution >= 0.6 is 0 Å². The molecule has 0 spiro atoms. The number of carboxylic acids is 1. The average molecular weight is 464 g/mol. The van der Waals surface area contributed by atoms with Crippen LogP contribution in [0.3, 0.4) is 0 Å². The highest BCUT2D eigenvalue weighted by atomic mass is 16.6. The Hall–Kier alpha value is -3.84. The number of benzene rings is 3. The summed E-state index contributed by atoms with van der Waals surface area (Å²) in [6, 6.07) is 24.4. The van der Waals surface area contributed by atoms with E-state index in [4.69, 9.17) is 19.0 Å². The normalized spacial score (nSPS) is 12.1. The van der Waals surface area contributed by atoms with Crippen molar-refractivity contribution in [1.82, 2.24) is 0 Å². The lowest BCUT2D eigenvalue weighted by Gasteiger charge is -2.14. The van der Waals surface area contributed by atoms with E-state index < -0.39 is 12.1 Å². The third-order valence-electron chi connectivity index (χ3n) is 4.81. The topological polar surface area (TPSA) is 86.6 Å². The van der Waals surface area contributed by atoms with E-state index in [2.05, 4.69) is 5.16 Å². The van der Waals surface area contributed by atoms with E-state index in [0.717, 1.165) is 16.9 Å². The van der Waals surface area contributed by atoms with Crippen LogP contribution in [0.4, 0.5) is 0 Å². The number of carbonyl (C=O) groups is 1. The molecular weight excluding hydrogens is 434 g/mol. The molecule has 0 fully saturated rings. The Kier molecular flexibility index (Phi) is 9.49. The SMILES string of the molecule is CCON=C(COc1cccc(CC(OCC)C(=O)O)c1)c1ccc(Oc2ccccc2)cc1. The number of para-hydroxylation sites is 1. The maximum atomic E-state index is 11.4. The van der Waals surface area contributed by atoms with Gasteiger partial charge in [-0.05, 0) is 67.9 Å². The average Bonchev–Trinajstić information content (AvgIpc) is 2.85. The minimum atomic E-state index is -0.987. The fourth-order valence-corrected chi connectivity index (χ4v) is 3.19. The van der Waals surface area contributed by atoms with Gasteiger partial charge in [-0.15, -0.1) is 0 Å². The number of oxime groups is 1. The molecule has 3 rings (SSSR count). The summed E-state index contributed by atoms with van der Waals surface area (Å²) < 4.78 is 17.1. The highest BCUT2D eigenvalue weighted by Crippen LogP contribution is 2.22. The number of hydrogen-bond donors (Lipinski definition) is 1. The molecule has 0 heterocycles. The second-order valence-electron chi connectivity index (χ2n) is 7.32. The summed E-state index contributed by atoms with van der Waals surface area (Å²) >= 11 is 0.